The first-order valence-electron chi connectivity index (χ1n) is 8.92. The molecule has 1 aliphatic heterocycles. The van der Waals surface area contributed by atoms with Gasteiger partial charge in [-0.15, -0.1) is 23.1 Å². The van der Waals surface area contributed by atoms with E-state index in [-0.39, 0.29) is 5.91 Å². The molecule has 0 atom stereocenters. The van der Waals surface area contributed by atoms with E-state index in [2.05, 4.69) is 20.7 Å². The molecule has 1 amide bonds. The van der Waals surface area contributed by atoms with Crippen LogP contribution in [0.5, 0.6) is 0 Å². The molecule has 138 valence electrons. The van der Waals surface area contributed by atoms with Crippen molar-refractivity contribution in [3.05, 3.63) is 65.3 Å². The quantitative estimate of drug-likeness (QED) is 0.606. The van der Waals surface area contributed by atoms with Crippen molar-refractivity contribution >= 4 is 39.8 Å². The first-order chi connectivity index (χ1) is 13.3. The molecule has 0 radical (unpaired) electrons. The van der Waals surface area contributed by atoms with E-state index in [1.165, 1.54) is 0 Å². The van der Waals surface area contributed by atoms with E-state index in [0.29, 0.717) is 5.56 Å². The van der Waals surface area contributed by atoms with Crippen LogP contribution in [-0.4, -0.2) is 33.9 Å². The molecule has 1 N–H and O–H groups in total. The number of nitrogens with one attached hydrogen (secondary N) is 1. The van der Waals surface area contributed by atoms with Crippen LogP contribution < -0.4 is 5.32 Å². The van der Waals surface area contributed by atoms with Crippen LogP contribution in [0.2, 0.25) is 0 Å². The number of pyridine rings is 1. The predicted molar refractivity (Wildman–Crippen MR) is 111 cm³/mol. The molecule has 1 aromatic carbocycles. The third-order valence-corrected chi connectivity index (χ3v) is 6.11. The number of hydrogen-bond acceptors (Lipinski definition) is 6. The van der Waals surface area contributed by atoms with Gasteiger partial charge in [-0.3, -0.25) is 4.79 Å². The van der Waals surface area contributed by atoms with Gasteiger partial charge in [-0.1, -0.05) is 18.2 Å². The molecule has 0 bridgehead atoms. The highest BCUT2D eigenvalue weighted by atomic mass is 32.2. The Bertz CT molecular complexity index is 890. The monoisotopic (exact) mass is 396 g/mol. The lowest BCUT2D eigenvalue weighted by Crippen LogP contribution is -2.27. The molecule has 0 unspecified atom stereocenters. The fourth-order valence-electron chi connectivity index (χ4n) is 2.92. The van der Waals surface area contributed by atoms with Gasteiger partial charge in [0.1, 0.15) is 0 Å². The number of amides is 1. The summed E-state index contributed by atoms with van der Waals surface area (Å²) in [5, 5.41) is 7.16. The number of nitrogens with zero attached hydrogens (tertiary/aromatic N) is 3. The average molecular weight is 397 g/mol. The lowest BCUT2D eigenvalue weighted by molar-refractivity contribution is 0.0792. The highest BCUT2D eigenvalue weighted by Crippen LogP contribution is 2.26. The highest BCUT2D eigenvalue weighted by molar-refractivity contribution is 7.98. The zero-order valence-corrected chi connectivity index (χ0v) is 16.4. The van der Waals surface area contributed by atoms with Gasteiger partial charge in [0.2, 0.25) is 0 Å². The minimum Gasteiger partial charge on any atom is -0.339 e. The van der Waals surface area contributed by atoms with Crippen LogP contribution in [0.4, 0.5) is 10.8 Å². The number of likely N-dealkylation sites (tertiary alicyclic amines) is 1. The van der Waals surface area contributed by atoms with E-state index in [1.54, 1.807) is 29.3 Å². The standard InChI is InChI=1S/C20H20N4OS2/c25-19(24-10-4-5-11-24)15-8-9-18(21-12-15)26-13-17-14-27-20(23-17)22-16-6-2-1-3-7-16/h1-3,6-9,12,14H,4-5,10-11,13H2,(H,22,23). The van der Waals surface area contributed by atoms with Crippen molar-refractivity contribution in [2.24, 2.45) is 0 Å². The fourth-order valence-corrected chi connectivity index (χ4v) is 4.49. The molecule has 5 nitrogen and oxygen atoms in total. The lowest BCUT2D eigenvalue weighted by atomic mass is 10.2. The summed E-state index contributed by atoms with van der Waals surface area (Å²) in [5.74, 6) is 0.840. The van der Waals surface area contributed by atoms with Crippen molar-refractivity contribution in [3.63, 3.8) is 0 Å². The van der Waals surface area contributed by atoms with Gasteiger partial charge < -0.3 is 10.2 Å². The summed E-state index contributed by atoms with van der Waals surface area (Å²) in [4.78, 5) is 23.3. The smallest absolute Gasteiger partial charge is 0.255 e. The number of aromatic nitrogens is 2. The second-order valence-electron chi connectivity index (χ2n) is 6.31. The van der Waals surface area contributed by atoms with E-state index in [4.69, 9.17) is 0 Å². The Morgan fingerprint density at radius 3 is 2.70 bits per heavy atom. The number of benzene rings is 1. The van der Waals surface area contributed by atoms with E-state index >= 15 is 0 Å². The van der Waals surface area contributed by atoms with Gasteiger partial charge in [-0.25, -0.2) is 9.97 Å². The van der Waals surface area contributed by atoms with Crippen molar-refractivity contribution in [1.29, 1.82) is 0 Å². The zero-order chi connectivity index (χ0) is 18.5. The van der Waals surface area contributed by atoms with Gasteiger partial charge in [-0.2, -0.15) is 0 Å². The summed E-state index contributed by atoms with van der Waals surface area (Å²) in [6.07, 6.45) is 3.89. The van der Waals surface area contributed by atoms with Crippen LogP contribution in [0.1, 0.15) is 28.9 Å². The first kappa shape index (κ1) is 18.0. The Morgan fingerprint density at radius 2 is 1.96 bits per heavy atom. The second-order valence-corrected chi connectivity index (χ2v) is 8.16. The average Bonchev–Trinajstić information content (AvgIpc) is 3.39. The Kier molecular flexibility index (Phi) is 5.69. The normalized spacial score (nSPS) is 13.7. The summed E-state index contributed by atoms with van der Waals surface area (Å²) >= 11 is 3.22. The molecule has 1 fully saturated rings. The van der Waals surface area contributed by atoms with E-state index in [0.717, 1.165) is 53.2 Å². The molecular formula is C20H20N4OS2. The second kappa shape index (κ2) is 8.54. The number of rotatable bonds is 6. The summed E-state index contributed by atoms with van der Waals surface area (Å²) in [5.41, 5.74) is 2.72. The predicted octanol–water partition coefficient (Wildman–Crippen LogP) is 4.81. The number of thioether (sulfide) groups is 1. The molecule has 2 aromatic heterocycles. The molecule has 4 rings (SSSR count). The zero-order valence-electron chi connectivity index (χ0n) is 14.8. The topological polar surface area (TPSA) is 58.1 Å². The van der Waals surface area contributed by atoms with Crippen LogP contribution in [0.3, 0.4) is 0 Å². The van der Waals surface area contributed by atoms with E-state index < -0.39 is 0 Å². The number of anilines is 2. The number of hydrogen-bond donors (Lipinski definition) is 1. The number of thiazole rings is 1. The Balaban J connectivity index is 1.32. The van der Waals surface area contributed by atoms with Crippen molar-refractivity contribution in [2.75, 3.05) is 18.4 Å². The Hall–Kier alpha value is -2.38. The summed E-state index contributed by atoms with van der Waals surface area (Å²) in [7, 11) is 0. The summed E-state index contributed by atoms with van der Waals surface area (Å²) in [6.45, 7) is 1.72. The van der Waals surface area contributed by atoms with Gasteiger partial charge in [0.25, 0.3) is 5.91 Å². The van der Waals surface area contributed by atoms with E-state index in [9.17, 15) is 4.79 Å². The Morgan fingerprint density at radius 1 is 1.15 bits per heavy atom. The lowest BCUT2D eigenvalue weighted by Gasteiger charge is -2.14. The SMILES string of the molecule is O=C(c1ccc(SCc2csc(Nc3ccccc3)n2)nc1)N1CCCC1. The summed E-state index contributed by atoms with van der Waals surface area (Å²) < 4.78 is 0. The van der Waals surface area contributed by atoms with Gasteiger partial charge in [0.05, 0.1) is 16.3 Å². The summed E-state index contributed by atoms with van der Waals surface area (Å²) in [6, 6.07) is 13.8. The van der Waals surface area contributed by atoms with Gasteiger partial charge in [-0.05, 0) is 37.1 Å². The van der Waals surface area contributed by atoms with Gasteiger partial charge in [0, 0.05) is 36.1 Å². The van der Waals surface area contributed by atoms with Gasteiger partial charge in [0.15, 0.2) is 5.13 Å². The third-order valence-electron chi connectivity index (χ3n) is 4.32. The number of carbonyl (C=O) groups is 1. The van der Waals surface area contributed by atoms with Crippen molar-refractivity contribution in [3.8, 4) is 0 Å². The fraction of sp³-hybridized carbons (Fsp3) is 0.250. The van der Waals surface area contributed by atoms with Crippen molar-refractivity contribution in [1.82, 2.24) is 14.9 Å². The molecule has 1 aliphatic rings. The maximum Gasteiger partial charge on any atom is 0.255 e. The maximum atomic E-state index is 12.4. The molecule has 7 heteroatoms. The highest BCUT2D eigenvalue weighted by Gasteiger charge is 2.19. The number of carbonyl (C=O) groups excluding carboxylic acids is 1. The van der Waals surface area contributed by atoms with Crippen LogP contribution in [0.25, 0.3) is 0 Å². The van der Waals surface area contributed by atoms with Crippen molar-refractivity contribution in [2.45, 2.75) is 23.6 Å². The van der Waals surface area contributed by atoms with E-state index in [1.807, 2.05) is 47.4 Å². The van der Waals surface area contributed by atoms with Crippen molar-refractivity contribution < 1.29 is 4.79 Å². The molecule has 27 heavy (non-hydrogen) atoms. The van der Waals surface area contributed by atoms with Crippen LogP contribution in [-0.2, 0) is 5.75 Å². The van der Waals surface area contributed by atoms with Crippen LogP contribution >= 0.6 is 23.1 Å². The number of para-hydroxylation sites is 1. The molecular weight excluding hydrogens is 376 g/mol. The molecule has 0 saturated carbocycles. The van der Waals surface area contributed by atoms with Crippen LogP contribution in [0, 0.1) is 0 Å². The largest absolute Gasteiger partial charge is 0.339 e. The Labute approximate surface area is 166 Å². The molecule has 1 saturated heterocycles. The molecule has 3 aromatic rings. The van der Waals surface area contributed by atoms with Crippen LogP contribution in [0.15, 0.2) is 59.1 Å². The molecule has 3 heterocycles. The first-order valence-corrected chi connectivity index (χ1v) is 10.8. The van der Waals surface area contributed by atoms with Gasteiger partial charge >= 0.3 is 0 Å². The molecule has 0 aliphatic carbocycles. The molecule has 0 spiro atoms. The minimum absolute atomic E-state index is 0.0904. The maximum absolute atomic E-state index is 12.4. The minimum atomic E-state index is 0.0904. The third kappa shape index (κ3) is 4.67.